The molecule has 4 aromatic heterocycles. The maximum absolute atomic E-state index is 2.65. The molecule has 4 heteroatoms. The van der Waals surface area contributed by atoms with E-state index in [4.69, 9.17) is 0 Å². The van der Waals surface area contributed by atoms with Gasteiger partial charge in [0.2, 0.25) is 0 Å². The van der Waals surface area contributed by atoms with Gasteiger partial charge in [-0.3, -0.25) is 0 Å². The fourth-order valence-electron chi connectivity index (χ4n) is 11.9. The molecule has 0 saturated heterocycles. The standard InChI is InChI=1S/C64H56N4/c1-39-25-29-43(30-26-39)65(41-17-11-9-12-18-41)53-35-33-45-49-37-56-50(38-55(49)67-59-47(57(53)61(45)67)21-15-23-51(59)63(3,4)5)46-34-36-54(66(42-19-13-10-14-20-42)44-31-27-40(2)28-32-44)58-48-22-16-24-52(64(6,7)8)60(48)68(56)62(46)58/h9-27,29-31,33-38H,28,32H2,1-8H3. The third kappa shape index (κ3) is 5.79. The summed E-state index contributed by atoms with van der Waals surface area (Å²) in [5.74, 6) is 0. The first kappa shape index (κ1) is 40.7. The number of anilines is 5. The average Bonchev–Trinajstić information content (AvgIpc) is 4.06. The van der Waals surface area contributed by atoms with Crippen molar-refractivity contribution < 1.29 is 0 Å². The van der Waals surface area contributed by atoms with E-state index in [-0.39, 0.29) is 10.8 Å². The summed E-state index contributed by atoms with van der Waals surface area (Å²) in [5.41, 5.74) is 20.1. The number of fused-ring (bicyclic) bond motifs is 12. The van der Waals surface area contributed by atoms with Crippen LogP contribution >= 0.6 is 0 Å². The molecule has 0 radical (unpaired) electrons. The van der Waals surface area contributed by atoms with Crippen molar-refractivity contribution in [2.75, 3.05) is 9.80 Å². The summed E-state index contributed by atoms with van der Waals surface area (Å²) in [6.07, 6.45) is 6.71. The summed E-state index contributed by atoms with van der Waals surface area (Å²) < 4.78 is 5.28. The molecule has 12 aromatic rings. The number of hydrogen-bond donors (Lipinski definition) is 0. The van der Waals surface area contributed by atoms with Crippen molar-refractivity contribution >= 4 is 105 Å². The van der Waals surface area contributed by atoms with Crippen LogP contribution in [0.3, 0.4) is 0 Å². The SMILES string of the molecule is CC1=CC=C(N(c2ccccc2)c2ccc3c4cc5c(cc4n4c6c(C(C)(C)C)cccc6c2c34)c2ccc(N(c3ccccc3)c3ccc(C)cc3)c3c4cccc(C(C)(C)C)c4n5c23)CC1. The Morgan fingerprint density at radius 2 is 0.868 bits per heavy atom. The molecule has 0 N–H and O–H groups in total. The zero-order chi connectivity index (χ0) is 46.4. The highest BCUT2D eigenvalue weighted by Crippen LogP contribution is 2.53. The minimum absolute atomic E-state index is 0.0921. The maximum Gasteiger partial charge on any atom is 0.0641 e. The van der Waals surface area contributed by atoms with Crippen LogP contribution in [0.5, 0.6) is 0 Å². The first-order valence-electron chi connectivity index (χ1n) is 24.4. The first-order chi connectivity index (χ1) is 32.9. The molecule has 13 rings (SSSR count). The van der Waals surface area contributed by atoms with E-state index >= 15 is 0 Å². The lowest BCUT2D eigenvalue weighted by Crippen LogP contribution is -2.18. The molecule has 0 aliphatic heterocycles. The Bertz CT molecular complexity index is 4040. The molecule has 8 aromatic carbocycles. The molecule has 4 heterocycles. The minimum Gasteiger partial charge on any atom is -0.314 e. The number of benzene rings is 8. The molecule has 1 aliphatic carbocycles. The molecule has 68 heavy (non-hydrogen) atoms. The van der Waals surface area contributed by atoms with Gasteiger partial charge in [0, 0.05) is 65.8 Å². The number of aromatic nitrogens is 2. The molecule has 1 aliphatic rings. The number of hydrogen-bond acceptors (Lipinski definition) is 2. The van der Waals surface area contributed by atoms with Gasteiger partial charge in [-0.05, 0) is 115 Å². The summed E-state index contributed by atoms with van der Waals surface area (Å²) in [7, 11) is 0. The molecule has 0 atom stereocenters. The van der Waals surface area contributed by atoms with Gasteiger partial charge in [0.1, 0.15) is 0 Å². The fraction of sp³-hybridized carbons (Fsp3) is 0.188. The summed E-state index contributed by atoms with van der Waals surface area (Å²) in [4.78, 5) is 5.00. The number of aryl methyl sites for hydroxylation is 1. The first-order valence-corrected chi connectivity index (χ1v) is 24.4. The van der Waals surface area contributed by atoms with Crippen LogP contribution in [0.2, 0.25) is 0 Å². The molecule has 0 unspecified atom stereocenters. The highest BCUT2D eigenvalue weighted by atomic mass is 15.2. The Morgan fingerprint density at radius 3 is 1.34 bits per heavy atom. The van der Waals surface area contributed by atoms with Crippen LogP contribution in [0.15, 0.2) is 181 Å². The summed E-state index contributed by atoms with van der Waals surface area (Å²) in [6, 6.07) is 59.6. The van der Waals surface area contributed by atoms with Gasteiger partial charge in [0.05, 0.1) is 44.5 Å². The van der Waals surface area contributed by atoms with Gasteiger partial charge in [0.25, 0.3) is 0 Å². The Kier molecular flexibility index (Phi) is 8.66. The topological polar surface area (TPSA) is 15.3 Å². The molecular formula is C64H56N4. The van der Waals surface area contributed by atoms with Crippen molar-refractivity contribution in [2.24, 2.45) is 0 Å². The van der Waals surface area contributed by atoms with Gasteiger partial charge < -0.3 is 18.6 Å². The van der Waals surface area contributed by atoms with E-state index in [1.807, 2.05) is 0 Å². The second-order valence-electron chi connectivity index (χ2n) is 21.5. The zero-order valence-corrected chi connectivity index (χ0v) is 40.4. The van der Waals surface area contributed by atoms with Gasteiger partial charge >= 0.3 is 0 Å². The molecule has 0 saturated carbocycles. The van der Waals surface area contributed by atoms with Crippen molar-refractivity contribution in [3.8, 4) is 0 Å². The van der Waals surface area contributed by atoms with Gasteiger partial charge in [-0.2, -0.15) is 0 Å². The Labute approximate surface area is 398 Å². The highest BCUT2D eigenvalue weighted by Gasteiger charge is 2.32. The van der Waals surface area contributed by atoms with Crippen LogP contribution in [0, 0.1) is 6.92 Å². The van der Waals surface area contributed by atoms with E-state index in [1.54, 1.807) is 0 Å². The van der Waals surface area contributed by atoms with Gasteiger partial charge in [-0.25, -0.2) is 0 Å². The normalized spacial score (nSPS) is 13.9. The van der Waals surface area contributed by atoms with E-state index in [1.165, 1.54) is 121 Å². The van der Waals surface area contributed by atoms with Crippen LogP contribution in [-0.4, -0.2) is 8.80 Å². The molecule has 0 fully saturated rings. The van der Waals surface area contributed by atoms with Gasteiger partial charge in [-0.1, -0.05) is 156 Å². The second-order valence-corrected chi connectivity index (χ2v) is 21.5. The number of rotatable bonds is 6. The Morgan fingerprint density at radius 1 is 0.397 bits per heavy atom. The van der Waals surface area contributed by atoms with Gasteiger partial charge in [0.15, 0.2) is 0 Å². The lowest BCUT2D eigenvalue weighted by atomic mass is 9.85. The number of nitrogens with zero attached hydrogens (tertiary/aromatic N) is 4. The van der Waals surface area contributed by atoms with Crippen LogP contribution in [0.4, 0.5) is 28.4 Å². The van der Waals surface area contributed by atoms with Crippen LogP contribution < -0.4 is 9.80 Å². The Hall–Kier alpha value is -7.56. The summed E-state index contributed by atoms with van der Waals surface area (Å²) >= 11 is 0. The van der Waals surface area contributed by atoms with E-state index in [0.29, 0.717) is 0 Å². The highest BCUT2D eigenvalue weighted by molar-refractivity contribution is 6.32. The van der Waals surface area contributed by atoms with Crippen molar-refractivity contribution in [2.45, 2.75) is 79.1 Å². The zero-order valence-electron chi connectivity index (χ0n) is 40.4. The largest absolute Gasteiger partial charge is 0.314 e. The van der Waals surface area contributed by atoms with Crippen LogP contribution in [-0.2, 0) is 10.8 Å². The van der Waals surface area contributed by atoms with Crippen molar-refractivity contribution in [3.05, 3.63) is 198 Å². The maximum atomic E-state index is 2.65. The molecule has 0 spiro atoms. The fourth-order valence-corrected chi connectivity index (χ4v) is 11.9. The Balaban J connectivity index is 1.18. The predicted octanol–water partition coefficient (Wildman–Crippen LogP) is 18.1. The van der Waals surface area contributed by atoms with Crippen molar-refractivity contribution in [3.63, 3.8) is 0 Å². The lowest BCUT2D eigenvalue weighted by Gasteiger charge is -2.30. The molecule has 332 valence electrons. The molecule has 0 amide bonds. The van der Waals surface area contributed by atoms with Crippen LogP contribution in [0.25, 0.3) is 76.2 Å². The van der Waals surface area contributed by atoms with E-state index in [2.05, 4.69) is 244 Å². The predicted molar refractivity (Wildman–Crippen MR) is 292 cm³/mol. The third-order valence-corrected chi connectivity index (χ3v) is 15.0. The van der Waals surface area contributed by atoms with E-state index in [0.717, 1.165) is 24.2 Å². The molecule has 4 nitrogen and oxygen atoms in total. The molecule has 0 bridgehead atoms. The van der Waals surface area contributed by atoms with Crippen molar-refractivity contribution in [1.29, 1.82) is 0 Å². The quantitative estimate of drug-likeness (QED) is 0.165. The lowest BCUT2D eigenvalue weighted by molar-refractivity contribution is 0.594. The summed E-state index contributed by atoms with van der Waals surface area (Å²) in [5, 5.41) is 10.3. The number of allylic oxidation sites excluding steroid dienone is 4. The van der Waals surface area contributed by atoms with Crippen molar-refractivity contribution in [1.82, 2.24) is 8.80 Å². The van der Waals surface area contributed by atoms with Crippen LogP contribution in [0.1, 0.15) is 78.0 Å². The monoisotopic (exact) mass is 880 g/mol. The summed E-state index contributed by atoms with van der Waals surface area (Å²) in [6.45, 7) is 18.6. The molecular weight excluding hydrogens is 825 g/mol. The smallest absolute Gasteiger partial charge is 0.0641 e. The third-order valence-electron chi connectivity index (χ3n) is 15.0. The minimum atomic E-state index is -0.0985. The average molecular weight is 881 g/mol. The van der Waals surface area contributed by atoms with Gasteiger partial charge in [-0.15, -0.1) is 0 Å². The number of para-hydroxylation sites is 4. The van der Waals surface area contributed by atoms with E-state index in [9.17, 15) is 0 Å². The second kappa shape index (κ2) is 14.5. The van der Waals surface area contributed by atoms with E-state index < -0.39 is 0 Å².